The zero-order valence-corrected chi connectivity index (χ0v) is 11.8. The fourth-order valence-corrected chi connectivity index (χ4v) is 2.88. The van der Waals surface area contributed by atoms with E-state index in [1.165, 1.54) is 0 Å². The van der Waals surface area contributed by atoms with E-state index in [1.54, 1.807) is 14.2 Å². The first kappa shape index (κ1) is 12.2. The summed E-state index contributed by atoms with van der Waals surface area (Å²) in [7, 11) is 3.42. The second kappa shape index (κ2) is 4.96. The number of hydrogen-bond donors (Lipinski definition) is 0. The molecule has 0 aliphatic rings. The monoisotopic (exact) mass is 294 g/mol. The number of methoxy groups -OCH3 is 2. The largest absolute Gasteiger partial charge is 0.496 e. The van der Waals surface area contributed by atoms with Gasteiger partial charge in [0.2, 0.25) is 0 Å². The molecule has 0 fully saturated rings. The normalized spacial score (nSPS) is 10.6. The quantitative estimate of drug-likeness (QED) is 0.795. The summed E-state index contributed by atoms with van der Waals surface area (Å²) in [5.41, 5.74) is 2.27. The highest BCUT2D eigenvalue weighted by molar-refractivity contribution is 9.08. The van der Waals surface area contributed by atoms with E-state index in [0.717, 1.165) is 38.7 Å². The van der Waals surface area contributed by atoms with Crippen LogP contribution in [0.1, 0.15) is 11.1 Å². The number of fused-ring (bicyclic) bond motifs is 1. The van der Waals surface area contributed by atoms with Crippen molar-refractivity contribution < 1.29 is 9.47 Å². The highest BCUT2D eigenvalue weighted by atomic mass is 79.9. The molecule has 0 unspecified atom stereocenters. The van der Waals surface area contributed by atoms with Gasteiger partial charge in [-0.05, 0) is 12.5 Å². The summed E-state index contributed by atoms with van der Waals surface area (Å²) in [6, 6.07) is 8.14. The minimum atomic E-state index is 0.753. The lowest BCUT2D eigenvalue weighted by atomic mass is 9.99. The van der Waals surface area contributed by atoms with Crippen molar-refractivity contribution in [2.24, 2.45) is 0 Å². The Kier molecular flexibility index (Phi) is 3.57. The molecule has 0 atom stereocenters. The van der Waals surface area contributed by atoms with Crippen molar-refractivity contribution in [1.82, 2.24) is 0 Å². The molecule has 2 rings (SSSR count). The van der Waals surface area contributed by atoms with Gasteiger partial charge in [0.15, 0.2) is 0 Å². The maximum Gasteiger partial charge on any atom is 0.131 e. The molecule has 0 saturated carbocycles. The molecule has 0 N–H and O–H groups in total. The molecule has 0 aromatic heterocycles. The van der Waals surface area contributed by atoms with Gasteiger partial charge in [-0.3, -0.25) is 0 Å². The van der Waals surface area contributed by atoms with E-state index in [9.17, 15) is 0 Å². The highest BCUT2D eigenvalue weighted by Crippen LogP contribution is 2.40. The molecule has 2 aromatic rings. The number of rotatable bonds is 3. The average Bonchev–Trinajstić information content (AvgIpc) is 2.37. The zero-order chi connectivity index (χ0) is 12.4. The Morgan fingerprint density at radius 3 is 2.00 bits per heavy atom. The van der Waals surface area contributed by atoms with E-state index >= 15 is 0 Å². The molecule has 2 nitrogen and oxygen atoms in total. The van der Waals surface area contributed by atoms with Gasteiger partial charge in [0.1, 0.15) is 11.5 Å². The van der Waals surface area contributed by atoms with Gasteiger partial charge in [-0.15, -0.1) is 0 Å². The Morgan fingerprint density at radius 2 is 1.53 bits per heavy atom. The summed E-state index contributed by atoms with van der Waals surface area (Å²) in [6.45, 7) is 2.06. The molecule has 0 bridgehead atoms. The number of ether oxygens (including phenoxy) is 2. The molecule has 3 heteroatoms. The van der Waals surface area contributed by atoms with Crippen molar-refractivity contribution in [2.45, 2.75) is 12.3 Å². The van der Waals surface area contributed by atoms with Gasteiger partial charge in [0, 0.05) is 21.7 Å². The first-order chi connectivity index (χ1) is 8.24. The second-order valence-electron chi connectivity index (χ2n) is 3.85. The van der Waals surface area contributed by atoms with E-state index < -0.39 is 0 Å². The molecule has 0 amide bonds. The predicted octanol–water partition coefficient (Wildman–Crippen LogP) is 4.06. The van der Waals surface area contributed by atoms with Crippen LogP contribution in [0.25, 0.3) is 10.8 Å². The molecule has 0 radical (unpaired) electrons. The van der Waals surface area contributed by atoms with E-state index in [4.69, 9.17) is 9.47 Å². The number of halogens is 1. The van der Waals surface area contributed by atoms with Gasteiger partial charge in [0.25, 0.3) is 0 Å². The minimum absolute atomic E-state index is 0.753. The topological polar surface area (TPSA) is 18.5 Å². The van der Waals surface area contributed by atoms with Gasteiger partial charge in [-0.25, -0.2) is 0 Å². The lowest BCUT2D eigenvalue weighted by Gasteiger charge is -2.17. The zero-order valence-electron chi connectivity index (χ0n) is 10.2. The molecular weight excluding hydrogens is 280 g/mol. The van der Waals surface area contributed by atoms with Crippen LogP contribution in [0.4, 0.5) is 0 Å². The summed E-state index contributed by atoms with van der Waals surface area (Å²) in [5.74, 6) is 1.85. The van der Waals surface area contributed by atoms with Crippen LogP contribution >= 0.6 is 15.9 Å². The molecule has 0 aliphatic heterocycles. The van der Waals surface area contributed by atoms with Gasteiger partial charge in [0.05, 0.1) is 14.2 Å². The Hall–Kier alpha value is -1.22. The molecule has 90 valence electrons. The fourth-order valence-electron chi connectivity index (χ4n) is 2.21. The van der Waals surface area contributed by atoms with Crippen LogP contribution in [0.3, 0.4) is 0 Å². The van der Waals surface area contributed by atoms with Crippen LogP contribution in [-0.2, 0) is 5.33 Å². The minimum Gasteiger partial charge on any atom is -0.496 e. The molecule has 0 aliphatic carbocycles. The van der Waals surface area contributed by atoms with Crippen LogP contribution in [0, 0.1) is 6.92 Å². The molecule has 0 spiro atoms. The first-order valence-electron chi connectivity index (χ1n) is 5.42. The van der Waals surface area contributed by atoms with Crippen molar-refractivity contribution >= 4 is 26.7 Å². The summed E-state index contributed by atoms with van der Waals surface area (Å²) >= 11 is 3.51. The third kappa shape index (κ3) is 1.89. The van der Waals surface area contributed by atoms with Crippen molar-refractivity contribution in [3.8, 4) is 11.5 Å². The highest BCUT2D eigenvalue weighted by Gasteiger charge is 2.16. The average molecular weight is 295 g/mol. The van der Waals surface area contributed by atoms with Crippen molar-refractivity contribution in [3.63, 3.8) is 0 Å². The van der Waals surface area contributed by atoms with Crippen molar-refractivity contribution in [3.05, 3.63) is 35.4 Å². The first-order valence-corrected chi connectivity index (χ1v) is 6.54. The molecular formula is C14H15BrO2. The molecule has 0 heterocycles. The van der Waals surface area contributed by atoms with Crippen molar-refractivity contribution in [1.29, 1.82) is 0 Å². The summed E-state index contributed by atoms with van der Waals surface area (Å²) in [5, 5.41) is 2.93. The van der Waals surface area contributed by atoms with E-state index in [-0.39, 0.29) is 0 Å². The maximum absolute atomic E-state index is 5.54. The van der Waals surface area contributed by atoms with Crippen LogP contribution in [0.15, 0.2) is 24.3 Å². The van der Waals surface area contributed by atoms with E-state index in [0.29, 0.717) is 0 Å². The van der Waals surface area contributed by atoms with Crippen LogP contribution in [0.5, 0.6) is 11.5 Å². The Morgan fingerprint density at radius 1 is 1.00 bits per heavy atom. The fraction of sp³-hybridized carbons (Fsp3) is 0.286. The van der Waals surface area contributed by atoms with Gasteiger partial charge >= 0.3 is 0 Å². The number of alkyl halides is 1. The summed E-state index contributed by atoms with van der Waals surface area (Å²) in [4.78, 5) is 0. The smallest absolute Gasteiger partial charge is 0.131 e. The van der Waals surface area contributed by atoms with E-state index in [2.05, 4.69) is 35.0 Å². The molecule has 0 saturated heterocycles. The predicted molar refractivity (Wildman–Crippen MR) is 74.4 cm³/mol. The standard InChI is InChI=1S/C14H15BrO2/c1-9-12(8-15)14(17-3)11-7-5-4-6-10(11)13(9)16-2/h4-7H,8H2,1-3H3. The second-order valence-corrected chi connectivity index (χ2v) is 4.41. The number of hydrogen-bond acceptors (Lipinski definition) is 2. The molecule has 2 aromatic carbocycles. The summed E-state index contributed by atoms with van der Waals surface area (Å²) in [6.07, 6.45) is 0. The Balaban J connectivity index is 2.93. The lowest BCUT2D eigenvalue weighted by Crippen LogP contribution is -1.98. The third-order valence-corrected chi connectivity index (χ3v) is 3.59. The van der Waals surface area contributed by atoms with Crippen LogP contribution in [0.2, 0.25) is 0 Å². The SMILES string of the molecule is COc1c(C)c(CBr)c(OC)c2ccccc12. The van der Waals surface area contributed by atoms with Crippen LogP contribution in [-0.4, -0.2) is 14.2 Å². The summed E-state index contributed by atoms with van der Waals surface area (Å²) < 4.78 is 11.1. The van der Waals surface area contributed by atoms with Crippen molar-refractivity contribution in [2.75, 3.05) is 14.2 Å². The van der Waals surface area contributed by atoms with Gasteiger partial charge in [-0.1, -0.05) is 40.2 Å². The third-order valence-electron chi connectivity index (χ3n) is 3.03. The lowest BCUT2D eigenvalue weighted by molar-refractivity contribution is 0.405. The van der Waals surface area contributed by atoms with Gasteiger partial charge < -0.3 is 9.47 Å². The van der Waals surface area contributed by atoms with E-state index in [1.807, 2.05) is 12.1 Å². The Labute approximate surface area is 110 Å². The molecule has 17 heavy (non-hydrogen) atoms. The van der Waals surface area contributed by atoms with Gasteiger partial charge in [-0.2, -0.15) is 0 Å². The Bertz CT molecular complexity index is 549. The maximum atomic E-state index is 5.54. The van der Waals surface area contributed by atoms with Crippen LogP contribution < -0.4 is 9.47 Å². The number of benzene rings is 2.